The Morgan fingerprint density at radius 3 is 2.90 bits per heavy atom. The van der Waals surface area contributed by atoms with Crippen LogP contribution in [-0.2, 0) is 0 Å². The van der Waals surface area contributed by atoms with E-state index in [1.165, 1.54) is 21.5 Å². The summed E-state index contributed by atoms with van der Waals surface area (Å²) in [7, 11) is 0. The zero-order valence-electron chi connectivity index (χ0n) is 9.96. The van der Waals surface area contributed by atoms with Crippen LogP contribution in [0.4, 0.5) is 8.78 Å². The summed E-state index contributed by atoms with van der Waals surface area (Å²) in [5.74, 6) is -0.750. The van der Waals surface area contributed by atoms with Crippen LogP contribution >= 0.6 is 11.3 Å². The van der Waals surface area contributed by atoms with Crippen molar-refractivity contribution in [2.45, 2.75) is 6.43 Å². The Kier molecular flexibility index (Phi) is 2.94. The van der Waals surface area contributed by atoms with Gasteiger partial charge in [0.05, 0.1) is 0 Å². The normalized spacial score (nSPS) is 11.3. The van der Waals surface area contributed by atoms with E-state index in [1.807, 2.05) is 0 Å². The van der Waals surface area contributed by atoms with Crippen LogP contribution in [0.1, 0.15) is 22.3 Å². The minimum Gasteiger partial charge on any atom is -0.365 e. The number of carbonyl (C=O) groups is 1. The summed E-state index contributed by atoms with van der Waals surface area (Å²) in [6.45, 7) is 0. The second-order valence-electron chi connectivity index (χ2n) is 4.02. The summed E-state index contributed by atoms with van der Waals surface area (Å²) >= 11 is 1.12. The molecule has 0 aliphatic rings. The predicted molar refractivity (Wildman–Crippen MR) is 69.8 cm³/mol. The smallest absolute Gasteiger partial charge is 0.265 e. The van der Waals surface area contributed by atoms with Crippen LogP contribution in [0.25, 0.3) is 16.9 Å². The molecule has 3 heterocycles. The van der Waals surface area contributed by atoms with Gasteiger partial charge in [-0.3, -0.25) is 4.79 Å². The first-order valence-corrected chi connectivity index (χ1v) is 6.51. The van der Waals surface area contributed by atoms with Crippen LogP contribution in [0, 0.1) is 0 Å². The first-order chi connectivity index (χ1) is 9.59. The molecule has 2 N–H and O–H groups in total. The third-order valence-corrected chi connectivity index (χ3v) is 3.59. The van der Waals surface area contributed by atoms with Gasteiger partial charge in [-0.05, 0) is 6.07 Å². The number of carbonyl (C=O) groups excluding carboxylic acids is 1. The van der Waals surface area contributed by atoms with Crippen molar-refractivity contribution in [3.05, 3.63) is 40.3 Å². The van der Waals surface area contributed by atoms with Crippen LogP contribution in [0.5, 0.6) is 0 Å². The van der Waals surface area contributed by atoms with E-state index in [-0.39, 0.29) is 28.0 Å². The number of halogens is 2. The maximum absolute atomic E-state index is 13.0. The van der Waals surface area contributed by atoms with E-state index in [1.54, 1.807) is 12.3 Å². The van der Waals surface area contributed by atoms with Crippen molar-refractivity contribution < 1.29 is 13.6 Å². The maximum atomic E-state index is 13.0. The molecule has 20 heavy (non-hydrogen) atoms. The molecule has 102 valence electrons. The highest BCUT2D eigenvalue weighted by Crippen LogP contribution is 2.35. The number of hydrogen-bond donors (Lipinski definition) is 1. The molecule has 0 fully saturated rings. The molecule has 8 heteroatoms. The fourth-order valence-corrected chi connectivity index (χ4v) is 2.80. The molecule has 3 rings (SSSR count). The fourth-order valence-electron chi connectivity index (χ4n) is 1.97. The summed E-state index contributed by atoms with van der Waals surface area (Å²) in [4.78, 5) is 15.6. The summed E-state index contributed by atoms with van der Waals surface area (Å²) in [5, 5.41) is 7.01. The number of primary amides is 1. The number of fused-ring (bicyclic) bond motifs is 1. The second-order valence-corrected chi connectivity index (χ2v) is 4.76. The molecule has 0 aliphatic heterocycles. The third kappa shape index (κ3) is 1.85. The molecule has 0 atom stereocenters. The van der Waals surface area contributed by atoms with E-state index in [2.05, 4.69) is 10.1 Å². The molecule has 0 radical (unpaired) electrons. The van der Waals surface area contributed by atoms with Gasteiger partial charge < -0.3 is 5.73 Å². The van der Waals surface area contributed by atoms with Gasteiger partial charge in [0.15, 0.2) is 5.65 Å². The van der Waals surface area contributed by atoms with Gasteiger partial charge in [0.1, 0.15) is 11.3 Å². The van der Waals surface area contributed by atoms with Crippen LogP contribution < -0.4 is 5.73 Å². The van der Waals surface area contributed by atoms with Crippen molar-refractivity contribution in [1.29, 1.82) is 0 Å². The summed E-state index contributed by atoms with van der Waals surface area (Å²) in [6, 6.07) is 1.62. The molecular formula is C12H8F2N4OS. The summed E-state index contributed by atoms with van der Waals surface area (Å²) in [5.41, 5.74) is 5.82. The second kappa shape index (κ2) is 4.64. The van der Waals surface area contributed by atoms with Crippen molar-refractivity contribution in [2.24, 2.45) is 5.73 Å². The van der Waals surface area contributed by atoms with Crippen molar-refractivity contribution in [1.82, 2.24) is 14.6 Å². The molecular weight excluding hydrogens is 286 g/mol. The van der Waals surface area contributed by atoms with Gasteiger partial charge >= 0.3 is 0 Å². The number of rotatable bonds is 3. The molecule has 0 spiro atoms. The Hall–Kier alpha value is -2.35. The number of amides is 1. The highest BCUT2D eigenvalue weighted by Gasteiger charge is 2.24. The van der Waals surface area contributed by atoms with E-state index in [4.69, 9.17) is 5.73 Å². The van der Waals surface area contributed by atoms with Gasteiger partial charge in [-0.2, -0.15) is 16.4 Å². The van der Waals surface area contributed by atoms with E-state index in [0.717, 1.165) is 11.3 Å². The van der Waals surface area contributed by atoms with Crippen molar-refractivity contribution in [2.75, 3.05) is 0 Å². The average Bonchev–Trinajstić information content (AvgIpc) is 3.02. The Labute approximate surface area is 115 Å². The van der Waals surface area contributed by atoms with Gasteiger partial charge in [-0.1, -0.05) is 0 Å². The molecule has 0 saturated heterocycles. The Bertz CT molecular complexity index is 796. The largest absolute Gasteiger partial charge is 0.365 e. The molecule has 0 bridgehead atoms. The molecule has 5 nitrogen and oxygen atoms in total. The number of nitrogens with two attached hydrogens (primary N) is 1. The van der Waals surface area contributed by atoms with Crippen LogP contribution in [0.2, 0.25) is 0 Å². The lowest BCUT2D eigenvalue weighted by molar-refractivity contribution is 0.100. The third-order valence-electron chi connectivity index (χ3n) is 2.82. The van der Waals surface area contributed by atoms with Crippen molar-refractivity contribution in [3.8, 4) is 11.3 Å². The lowest BCUT2D eigenvalue weighted by Gasteiger charge is -2.01. The van der Waals surface area contributed by atoms with E-state index in [9.17, 15) is 13.6 Å². The first-order valence-electron chi connectivity index (χ1n) is 5.57. The number of nitrogens with zero attached hydrogens (tertiary/aromatic N) is 3. The minimum atomic E-state index is -2.64. The molecule has 1 amide bonds. The van der Waals surface area contributed by atoms with Crippen molar-refractivity contribution in [3.63, 3.8) is 0 Å². The van der Waals surface area contributed by atoms with E-state index < -0.39 is 12.3 Å². The van der Waals surface area contributed by atoms with Crippen LogP contribution in [0.3, 0.4) is 0 Å². The quantitative estimate of drug-likeness (QED) is 0.806. The first kappa shape index (κ1) is 12.7. The molecule has 0 saturated carbocycles. The molecule has 3 aromatic heterocycles. The maximum Gasteiger partial charge on any atom is 0.265 e. The van der Waals surface area contributed by atoms with Gasteiger partial charge in [0.25, 0.3) is 12.3 Å². The molecule has 3 aromatic rings. The van der Waals surface area contributed by atoms with Gasteiger partial charge in [0.2, 0.25) is 0 Å². The van der Waals surface area contributed by atoms with Gasteiger partial charge in [-0.25, -0.2) is 18.3 Å². The average molecular weight is 294 g/mol. The highest BCUT2D eigenvalue weighted by molar-refractivity contribution is 7.08. The molecule has 0 aliphatic carbocycles. The Balaban J connectivity index is 2.33. The van der Waals surface area contributed by atoms with E-state index in [0.29, 0.717) is 0 Å². The fraction of sp³-hybridized carbons (Fsp3) is 0.0833. The zero-order valence-corrected chi connectivity index (χ0v) is 10.8. The lowest BCUT2D eigenvalue weighted by Crippen LogP contribution is -2.12. The monoisotopic (exact) mass is 294 g/mol. The Morgan fingerprint density at radius 2 is 2.20 bits per heavy atom. The molecule has 0 aromatic carbocycles. The molecule has 0 unspecified atom stereocenters. The number of alkyl halides is 2. The van der Waals surface area contributed by atoms with Crippen LogP contribution in [-0.4, -0.2) is 20.5 Å². The van der Waals surface area contributed by atoms with Crippen molar-refractivity contribution >= 4 is 22.9 Å². The highest BCUT2D eigenvalue weighted by atomic mass is 32.1. The Morgan fingerprint density at radius 1 is 1.40 bits per heavy atom. The summed E-state index contributed by atoms with van der Waals surface area (Å²) < 4.78 is 27.3. The summed E-state index contributed by atoms with van der Waals surface area (Å²) in [6.07, 6.45) is 0.413. The number of aromatic nitrogens is 3. The van der Waals surface area contributed by atoms with Gasteiger partial charge in [0, 0.05) is 34.3 Å². The zero-order chi connectivity index (χ0) is 14.3. The number of hydrogen-bond acceptors (Lipinski definition) is 4. The SMILES string of the molecule is NC(=O)c1c(-c2cscc2C(F)F)nn2cccnc12. The van der Waals surface area contributed by atoms with Crippen LogP contribution in [0.15, 0.2) is 29.2 Å². The van der Waals surface area contributed by atoms with E-state index >= 15 is 0 Å². The minimum absolute atomic E-state index is 0.0471. The van der Waals surface area contributed by atoms with Gasteiger partial charge in [-0.15, -0.1) is 0 Å². The predicted octanol–water partition coefficient (Wildman–Crippen LogP) is 2.49. The standard InChI is InChI=1S/C12H8F2N4OS/c13-10(14)7-5-20-4-6(7)9-8(11(15)19)12-16-2-1-3-18(12)17-9/h1-5,10H,(H2,15,19). The topological polar surface area (TPSA) is 73.3 Å². The number of thiophene rings is 1. The lowest BCUT2D eigenvalue weighted by atomic mass is 10.1.